The molecule has 2 N–H and O–H groups in total. The van der Waals surface area contributed by atoms with E-state index in [1.165, 1.54) is 0 Å². The van der Waals surface area contributed by atoms with E-state index in [4.69, 9.17) is 4.74 Å². The van der Waals surface area contributed by atoms with Gasteiger partial charge in [0.25, 0.3) is 0 Å². The number of hydrogen-bond acceptors (Lipinski definition) is 7. The summed E-state index contributed by atoms with van der Waals surface area (Å²) < 4.78 is 35.6. The lowest BCUT2D eigenvalue weighted by molar-refractivity contribution is -0.0891. The van der Waals surface area contributed by atoms with Gasteiger partial charge in [-0.3, -0.25) is 9.67 Å². The van der Waals surface area contributed by atoms with Gasteiger partial charge in [0.05, 0.1) is 35.9 Å². The molecule has 0 radical (unpaired) electrons. The topological polar surface area (TPSA) is 119 Å². The van der Waals surface area contributed by atoms with Gasteiger partial charge in [-0.1, -0.05) is 23.4 Å². The monoisotopic (exact) mass is 443 g/mol. The van der Waals surface area contributed by atoms with Crippen LogP contribution < -0.4 is 4.72 Å². The fourth-order valence-corrected chi connectivity index (χ4v) is 5.00. The van der Waals surface area contributed by atoms with Crippen LogP contribution in [0.4, 0.5) is 0 Å². The Morgan fingerprint density at radius 3 is 2.74 bits per heavy atom. The molecule has 0 aliphatic carbocycles. The summed E-state index contributed by atoms with van der Waals surface area (Å²) in [6.07, 6.45) is 6.56. The lowest BCUT2D eigenvalue weighted by atomic mass is 9.98. The van der Waals surface area contributed by atoms with Crippen molar-refractivity contribution < 1.29 is 18.3 Å². The first-order chi connectivity index (χ1) is 15.0. The van der Waals surface area contributed by atoms with Crippen LogP contribution in [0.2, 0.25) is 0 Å². The number of aliphatic hydroxyl groups excluding tert-OH is 1. The van der Waals surface area contributed by atoms with E-state index in [-0.39, 0.29) is 17.6 Å². The van der Waals surface area contributed by atoms with Crippen LogP contribution in [0.5, 0.6) is 0 Å². The highest BCUT2D eigenvalue weighted by Gasteiger charge is 2.33. The van der Waals surface area contributed by atoms with Gasteiger partial charge >= 0.3 is 0 Å². The molecule has 2 aromatic heterocycles. The smallest absolute Gasteiger partial charge is 0.240 e. The lowest BCUT2D eigenvalue weighted by Crippen LogP contribution is -2.50. The minimum absolute atomic E-state index is 0.0966. The molecule has 1 saturated heterocycles. The van der Waals surface area contributed by atoms with Crippen molar-refractivity contribution in [1.82, 2.24) is 24.7 Å². The van der Waals surface area contributed by atoms with Gasteiger partial charge in [0.15, 0.2) is 0 Å². The summed E-state index contributed by atoms with van der Waals surface area (Å²) >= 11 is 0. The summed E-state index contributed by atoms with van der Waals surface area (Å²) in [5.41, 5.74) is 1.65. The van der Waals surface area contributed by atoms with Gasteiger partial charge in [0.1, 0.15) is 5.69 Å². The van der Waals surface area contributed by atoms with E-state index in [1.807, 2.05) is 18.3 Å². The first kappa shape index (κ1) is 21.6. The Kier molecular flexibility index (Phi) is 6.71. The van der Waals surface area contributed by atoms with Crippen LogP contribution in [0.15, 0.2) is 66.0 Å². The second kappa shape index (κ2) is 9.65. The van der Waals surface area contributed by atoms with Crippen molar-refractivity contribution in [2.75, 3.05) is 6.61 Å². The first-order valence-corrected chi connectivity index (χ1v) is 11.7. The normalized spacial score (nSPS) is 21.8. The molecule has 9 nitrogen and oxygen atoms in total. The fourth-order valence-electron chi connectivity index (χ4n) is 3.68. The van der Waals surface area contributed by atoms with Crippen LogP contribution in [-0.2, 0) is 21.3 Å². The Morgan fingerprint density at radius 2 is 2.00 bits per heavy atom. The van der Waals surface area contributed by atoms with E-state index in [0.717, 1.165) is 11.3 Å². The summed E-state index contributed by atoms with van der Waals surface area (Å²) in [7, 11) is -3.67. The largest absolute Gasteiger partial charge is 0.394 e. The second-order valence-corrected chi connectivity index (χ2v) is 9.21. The van der Waals surface area contributed by atoms with Crippen molar-refractivity contribution in [2.45, 2.75) is 49.0 Å². The Balaban J connectivity index is 1.32. The third-order valence-corrected chi connectivity index (χ3v) is 6.84. The molecule has 3 heterocycles. The number of pyridine rings is 1. The predicted molar refractivity (Wildman–Crippen MR) is 113 cm³/mol. The maximum atomic E-state index is 12.6. The van der Waals surface area contributed by atoms with E-state index in [0.29, 0.717) is 25.8 Å². The molecule has 0 saturated carbocycles. The average molecular weight is 444 g/mol. The SMILES string of the molecule is O=S(=O)(N[C@H]1CC[C@@H](CCn2cc(-c3cccnc3)nn2)O[C@H]1CO)c1ccccc1. The second-order valence-electron chi connectivity index (χ2n) is 7.49. The zero-order valence-corrected chi connectivity index (χ0v) is 17.7. The Labute approximate surface area is 181 Å². The number of ether oxygens (including phenoxy) is 1. The van der Waals surface area contributed by atoms with Crippen molar-refractivity contribution in [1.29, 1.82) is 0 Å². The molecule has 10 heteroatoms. The number of aromatic nitrogens is 4. The molecule has 1 aromatic carbocycles. The Hall–Kier alpha value is -2.66. The average Bonchev–Trinajstić information content (AvgIpc) is 3.28. The van der Waals surface area contributed by atoms with Gasteiger partial charge in [-0.25, -0.2) is 13.1 Å². The molecule has 4 rings (SSSR count). The van der Waals surface area contributed by atoms with Crippen LogP contribution >= 0.6 is 0 Å². The molecule has 1 fully saturated rings. The summed E-state index contributed by atoms with van der Waals surface area (Å²) in [4.78, 5) is 4.29. The van der Waals surface area contributed by atoms with Crippen molar-refractivity contribution in [3.05, 3.63) is 61.1 Å². The maximum absolute atomic E-state index is 12.6. The molecular weight excluding hydrogens is 418 g/mol. The van der Waals surface area contributed by atoms with E-state index in [2.05, 4.69) is 20.0 Å². The molecule has 3 aromatic rings. The van der Waals surface area contributed by atoms with Crippen LogP contribution in [-0.4, -0.2) is 58.4 Å². The summed E-state index contributed by atoms with van der Waals surface area (Å²) in [6.45, 7) is 0.351. The number of hydrogen-bond donors (Lipinski definition) is 2. The molecule has 0 unspecified atom stereocenters. The standard InChI is InChI=1S/C21H25N5O4S/c27-15-21-19(24-31(28,29)18-6-2-1-3-7-18)9-8-17(30-21)10-12-26-14-20(23-25-26)16-5-4-11-22-13-16/h1-7,11,13-14,17,19,21,24,27H,8-10,12,15H2/t17-,19-,21-/m0/s1. The number of nitrogens with one attached hydrogen (secondary N) is 1. The highest BCUT2D eigenvalue weighted by atomic mass is 32.2. The minimum Gasteiger partial charge on any atom is -0.394 e. The van der Waals surface area contributed by atoms with Crippen molar-refractivity contribution in [3.8, 4) is 11.3 Å². The summed E-state index contributed by atoms with van der Waals surface area (Å²) in [5.74, 6) is 0. The van der Waals surface area contributed by atoms with Gasteiger partial charge in [0.2, 0.25) is 10.0 Å². The highest BCUT2D eigenvalue weighted by molar-refractivity contribution is 7.89. The van der Waals surface area contributed by atoms with Crippen LogP contribution in [0.25, 0.3) is 11.3 Å². The highest BCUT2D eigenvalue weighted by Crippen LogP contribution is 2.24. The van der Waals surface area contributed by atoms with Crippen molar-refractivity contribution >= 4 is 10.0 Å². The third kappa shape index (κ3) is 5.34. The minimum atomic E-state index is -3.67. The molecule has 31 heavy (non-hydrogen) atoms. The van der Waals surface area contributed by atoms with E-state index in [1.54, 1.807) is 47.4 Å². The van der Waals surface area contributed by atoms with Crippen molar-refractivity contribution in [3.63, 3.8) is 0 Å². The third-order valence-electron chi connectivity index (χ3n) is 5.33. The number of aliphatic hydroxyl groups is 1. The zero-order valence-electron chi connectivity index (χ0n) is 16.9. The van der Waals surface area contributed by atoms with Gasteiger partial charge in [-0.2, -0.15) is 0 Å². The van der Waals surface area contributed by atoms with E-state index in [9.17, 15) is 13.5 Å². The zero-order chi connectivity index (χ0) is 21.7. The van der Waals surface area contributed by atoms with E-state index < -0.39 is 22.2 Å². The maximum Gasteiger partial charge on any atom is 0.240 e. The van der Waals surface area contributed by atoms with Crippen molar-refractivity contribution in [2.24, 2.45) is 0 Å². The predicted octanol–water partition coefficient (Wildman–Crippen LogP) is 1.62. The molecule has 0 amide bonds. The number of sulfonamides is 1. The molecule has 1 aliphatic heterocycles. The van der Waals surface area contributed by atoms with E-state index >= 15 is 0 Å². The quantitative estimate of drug-likeness (QED) is 0.543. The molecular formula is C21H25N5O4S. The van der Waals surface area contributed by atoms with Gasteiger partial charge < -0.3 is 9.84 Å². The summed E-state index contributed by atoms with van der Waals surface area (Å²) in [6, 6.07) is 11.5. The number of aryl methyl sites for hydroxylation is 1. The van der Waals surface area contributed by atoms with Crippen LogP contribution in [0, 0.1) is 0 Å². The first-order valence-electron chi connectivity index (χ1n) is 10.2. The lowest BCUT2D eigenvalue weighted by Gasteiger charge is -2.36. The van der Waals surface area contributed by atoms with Crippen LogP contribution in [0.1, 0.15) is 19.3 Å². The Bertz CT molecular complexity index is 1080. The van der Waals surface area contributed by atoms with Gasteiger partial charge in [-0.05, 0) is 43.5 Å². The number of benzene rings is 1. The fraction of sp³-hybridized carbons (Fsp3) is 0.381. The number of nitrogens with zero attached hydrogens (tertiary/aromatic N) is 4. The molecule has 3 atom stereocenters. The number of rotatable bonds is 8. The van der Waals surface area contributed by atoms with Gasteiger partial charge in [-0.15, -0.1) is 5.10 Å². The summed E-state index contributed by atoms with van der Waals surface area (Å²) in [5, 5.41) is 18.1. The molecule has 164 valence electrons. The molecule has 1 aliphatic rings. The van der Waals surface area contributed by atoms with Gasteiger partial charge in [0, 0.05) is 24.5 Å². The molecule has 0 spiro atoms. The molecule has 0 bridgehead atoms. The van der Waals surface area contributed by atoms with Crippen LogP contribution in [0.3, 0.4) is 0 Å². The Morgan fingerprint density at radius 1 is 1.16 bits per heavy atom.